The van der Waals surface area contributed by atoms with Gasteiger partial charge in [-0.3, -0.25) is 4.79 Å². The van der Waals surface area contributed by atoms with Crippen LogP contribution in [0.5, 0.6) is 0 Å². The number of carboxylic acid groups (broad SMARTS) is 1. The summed E-state index contributed by atoms with van der Waals surface area (Å²) in [6, 6.07) is 0. The molecular formula is C13H24O3. The lowest BCUT2D eigenvalue weighted by molar-refractivity contribution is -0.150. The molecule has 0 aromatic heterocycles. The van der Waals surface area contributed by atoms with Crippen molar-refractivity contribution >= 4 is 5.97 Å². The maximum Gasteiger partial charge on any atom is 0.309 e. The Balaban J connectivity index is 2.34. The van der Waals surface area contributed by atoms with Crippen molar-refractivity contribution in [1.82, 2.24) is 0 Å². The summed E-state index contributed by atoms with van der Waals surface area (Å²) in [5.41, 5.74) is -0.501. The third-order valence-electron chi connectivity index (χ3n) is 4.01. The van der Waals surface area contributed by atoms with Crippen LogP contribution in [0.1, 0.15) is 58.8 Å². The van der Waals surface area contributed by atoms with Crippen molar-refractivity contribution < 1.29 is 14.6 Å². The molecule has 1 saturated heterocycles. The van der Waals surface area contributed by atoms with Crippen LogP contribution in [0.2, 0.25) is 0 Å². The molecule has 1 aliphatic rings. The zero-order valence-corrected chi connectivity index (χ0v) is 10.5. The Bertz CT molecular complexity index is 215. The Hall–Kier alpha value is -0.570. The minimum absolute atomic E-state index is 0.389. The molecule has 0 aromatic carbocycles. The van der Waals surface area contributed by atoms with E-state index in [0.717, 1.165) is 51.6 Å². The van der Waals surface area contributed by atoms with Gasteiger partial charge in [-0.25, -0.2) is 0 Å². The Morgan fingerprint density at radius 2 is 2.12 bits per heavy atom. The molecule has 1 atom stereocenters. The van der Waals surface area contributed by atoms with Gasteiger partial charge >= 0.3 is 5.97 Å². The van der Waals surface area contributed by atoms with Crippen molar-refractivity contribution in [2.75, 3.05) is 6.61 Å². The molecule has 1 N–H and O–H groups in total. The van der Waals surface area contributed by atoms with Crippen LogP contribution in [0.3, 0.4) is 0 Å². The summed E-state index contributed by atoms with van der Waals surface area (Å²) in [7, 11) is 0. The van der Waals surface area contributed by atoms with Crippen molar-refractivity contribution in [1.29, 1.82) is 0 Å². The van der Waals surface area contributed by atoms with E-state index in [0.29, 0.717) is 6.10 Å². The van der Waals surface area contributed by atoms with Gasteiger partial charge in [0.05, 0.1) is 11.5 Å². The highest BCUT2D eigenvalue weighted by atomic mass is 16.5. The van der Waals surface area contributed by atoms with Crippen LogP contribution < -0.4 is 0 Å². The molecule has 1 rings (SSSR count). The van der Waals surface area contributed by atoms with Gasteiger partial charge in [0, 0.05) is 6.61 Å². The first kappa shape index (κ1) is 13.5. The maximum atomic E-state index is 11.3. The van der Waals surface area contributed by atoms with Crippen LogP contribution in [0.25, 0.3) is 0 Å². The molecule has 0 bridgehead atoms. The number of hydrogen-bond acceptors (Lipinski definition) is 2. The second-order valence-electron chi connectivity index (χ2n) is 4.82. The quantitative estimate of drug-likeness (QED) is 0.727. The topological polar surface area (TPSA) is 46.5 Å². The second kappa shape index (κ2) is 6.24. The highest BCUT2D eigenvalue weighted by molar-refractivity contribution is 5.74. The molecular weight excluding hydrogens is 204 g/mol. The third kappa shape index (κ3) is 3.21. The minimum atomic E-state index is -0.634. The largest absolute Gasteiger partial charge is 0.481 e. The van der Waals surface area contributed by atoms with E-state index in [9.17, 15) is 9.90 Å². The average molecular weight is 228 g/mol. The van der Waals surface area contributed by atoms with Gasteiger partial charge in [0.15, 0.2) is 0 Å². The Morgan fingerprint density at radius 1 is 1.44 bits per heavy atom. The van der Waals surface area contributed by atoms with Crippen LogP contribution in [0.15, 0.2) is 0 Å². The number of carboxylic acids is 1. The molecule has 3 nitrogen and oxygen atoms in total. The van der Waals surface area contributed by atoms with Crippen molar-refractivity contribution in [3.63, 3.8) is 0 Å². The van der Waals surface area contributed by atoms with Crippen LogP contribution in [-0.4, -0.2) is 23.8 Å². The highest BCUT2D eigenvalue weighted by Crippen LogP contribution is 2.33. The second-order valence-corrected chi connectivity index (χ2v) is 4.82. The van der Waals surface area contributed by atoms with Gasteiger partial charge in [-0.05, 0) is 44.9 Å². The summed E-state index contributed by atoms with van der Waals surface area (Å²) in [6.45, 7) is 4.84. The summed E-state index contributed by atoms with van der Waals surface area (Å²) >= 11 is 0. The molecule has 16 heavy (non-hydrogen) atoms. The number of carbonyl (C=O) groups is 1. The molecule has 1 unspecified atom stereocenters. The van der Waals surface area contributed by atoms with Gasteiger partial charge < -0.3 is 9.84 Å². The van der Waals surface area contributed by atoms with Gasteiger partial charge in [-0.1, -0.05) is 13.8 Å². The molecule has 1 heterocycles. The molecule has 1 fully saturated rings. The number of ether oxygens (including phenoxy) is 1. The zero-order valence-electron chi connectivity index (χ0n) is 10.5. The molecule has 94 valence electrons. The number of aliphatic carboxylic acids is 1. The van der Waals surface area contributed by atoms with Gasteiger partial charge in [-0.15, -0.1) is 0 Å². The van der Waals surface area contributed by atoms with E-state index >= 15 is 0 Å². The van der Waals surface area contributed by atoms with Crippen molar-refractivity contribution in [3.8, 4) is 0 Å². The predicted octanol–water partition coefficient (Wildman–Crippen LogP) is 3.23. The first-order valence-corrected chi connectivity index (χ1v) is 6.49. The van der Waals surface area contributed by atoms with Crippen LogP contribution >= 0.6 is 0 Å². The van der Waals surface area contributed by atoms with E-state index in [4.69, 9.17) is 4.74 Å². The smallest absolute Gasteiger partial charge is 0.309 e. The standard InChI is InChI=1S/C13H24O3/c1-3-13(4-2,12(14)15)9-5-7-11-8-6-10-16-11/h11H,3-10H2,1-2H3,(H,14,15). The van der Waals surface area contributed by atoms with Crippen LogP contribution in [0.4, 0.5) is 0 Å². The Morgan fingerprint density at radius 3 is 2.56 bits per heavy atom. The first-order chi connectivity index (χ1) is 7.64. The van der Waals surface area contributed by atoms with E-state index < -0.39 is 11.4 Å². The van der Waals surface area contributed by atoms with Gasteiger partial charge in [0.25, 0.3) is 0 Å². The Kier molecular flexibility index (Phi) is 5.26. The minimum Gasteiger partial charge on any atom is -0.481 e. The van der Waals surface area contributed by atoms with Gasteiger partial charge in [0.1, 0.15) is 0 Å². The lowest BCUT2D eigenvalue weighted by atomic mass is 9.77. The summed E-state index contributed by atoms with van der Waals surface area (Å²) in [6.07, 6.45) is 6.94. The predicted molar refractivity (Wildman–Crippen MR) is 63.5 cm³/mol. The van der Waals surface area contributed by atoms with E-state index in [2.05, 4.69) is 0 Å². The van der Waals surface area contributed by atoms with E-state index in [1.807, 2.05) is 13.8 Å². The summed E-state index contributed by atoms with van der Waals surface area (Å²) in [5.74, 6) is -0.634. The third-order valence-corrected chi connectivity index (χ3v) is 4.01. The first-order valence-electron chi connectivity index (χ1n) is 6.49. The molecule has 0 aliphatic carbocycles. The molecule has 3 heteroatoms. The molecule has 0 saturated carbocycles. The maximum absolute atomic E-state index is 11.3. The fourth-order valence-electron chi connectivity index (χ4n) is 2.55. The lowest BCUT2D eigenvalue weighted by Crippen LogP contribution is -2.29. The van der Waals surface area contributed by atoms with Gasteiger partial charge in [-0.2, -0.15) is 0 Å². The lowest BCUT2D eigenvalue weighted by Gasteiger charge is -2.27. The number of hydrogen-bond donors (Lipinski definition) is 1. The van der Waals surface area contributed by atoms with Crippen LogP contribution in [-0.2, 0) is 9.53 Å². The molecule has 0 radical (unpaired) electrons. The average Bonchev–Trinajstić information content (AvgIpc) is 2.77. The fourth-order valence-corrected chi connectivity index (χ4v) is 2.55. The summed E-state index contributed by atoms with van der Waals surface area (Å²) in [4.78, 5) is 11.3. The summed E-state index contributed by atoms with van der Waals surface area (Å²) in [5, 5.41) is 9.28. The van der Waals surface area contributed by atoms with Crippen molar-refractivity contribution in [2.45, 2.75) is 64.9 Å². The van der Waals surface area contributed by atoms with E-state index in [1.165, 1.54) is 0 Å². The van der Waals surface area contributed by atoms with Gasteiger partial charge in [0.2, 0.25) is 0 Å². The molecule has 0 amide bonds. The Labute approximate surface area is 98.2 Å². The molecule has 0 spiro atoms. The highest BCUT2D eigenvalue weighted by Gasteiger charge is 2.34. The normalized spacial score (nSPS) is 21.2. The fraction of sp³-hybridized carbons (Fsp3) is 0.923. The van der Waals surface area contributed by atoms with Crippen molar-refractivity contribution in [2.24, 2.45) is 5.41 Å². The number of rotatable bonds is 7. The SMILES string of the molecule is CCC(CC)(CCCC1CCCO1)C(=O)O. The van der Waals surface area contributed by atoms with E-state index in [1.54, 1.807) is 0 Å². The van der Waals surface area contributed by atoms with Crippen molar-refractivity contribution in [3.05, 3.63) is 0 Å². The zero-order chi connectivity index (χ0) is 12.0. The van der Waals surface area contributed by atoms with E-state index in [-0.39, 0.29) is 0 Å². The molecule has 1 aliphatic heterocycles. The van der Waals surface area contributed by atoms with Crippen LogP contribution in [0, 0.1) is 5.41 Å². The monoisotopic (exact) mass is 228 g/mol. The summed E-state index contributed by atoms with van der Waals surface area (Å²) < 4.78 is 5.55. The molecule has 0 aromatic rings.